The van der Waals surface area contributed by atoms with E-state index in [9.17, 15) is 14.7 Å². The van der Waals surface area contributed by atoms with Crippen LogP contribution < -0.4 is 0 Å². The number of carbonyl (C=O) groups is 2. The molecule has 0 aliphatic carbocycles. The fourth-order valence-corrected chi connectivity index (χ4v) is 3.30. The normalized spacial score (nSPS) is 21.4. The Labute approximate surface area is 152 Å². The van der Waals surface area contributed by atoms with E-state index in [-0.39, 0.29) is 13.2 Å². The van der Waals surface area contributed by atoms with Crippen LogP contribution in [-0.4, -0.2) is 34.4 Å². The summed E-state index contributed by atoms with van der Waals surface area (Å²) in [6.45, 7) is 3.19. The van der Waals surface area contributed by atoms with Gasteiger partial charge in [0, 0.05) is 0 Å². The lowest BCUT2D eigenvalue weighted by Crippen LogP contribution is -2.57. The van der Waals surface area contributed by atoms with E-state index < -0.39 is 23.3 Å². The Bertz CT molecular complexity index is 790. The van der Waals surface area contributed by atoms with Gasteiger partial charge in [0.2, 0.25) is 0 Å². The van der Waals surface area contributed by atoms with Gasteiger partial charge in [-0.05, 0) is 25.0 Å². The monoisotopic (exact) mass is 355 g/mol. The molecule has 1 atom stereocenters. The van der Waals surface area contributed by atoms with Gasteiger partial charge < -0.3 is 14.6 Å². The third-order valence-electron chi connectivity index (χ3n) is 4.55. The lowest BCUT2D eigenvalue weighted by molar-refractivity contribution is -0.159. The van der Waals surface area contributed by atoms with Gasteiger partial charge >= 0.3 is 12.1 Å². The van der Waals surface area contributed by atoms with Crippen molar-refractivity contribution in [2.24, 2.45) is 0 Å². The first-order valence-electron chi connectivity index (χ1n) is 8.32. The summed E-state index contributed by atoms with van der Waals surface area (Å²) < 4.78 is 11.2. The van der Waals surface area contributed by atoms with Gasteiger partial charge in [-0.15, -0.1) is 0 Å². The molecule has 1 unspecified atom stereocenters. The minimum absolute atomic E-state index is 0.0577. The number of ether oxygens (including phenoxy) is 2. The number of rotatable bonds is 4. The quantitative estimate of drug-likeness (QED) is 0.851. The molecule has 1 saturated heterocycles. The van der Waals surface area contributed by atoms with Gasteiger partial charge in [0.05, 0.1) is 6.61 Å². The molecule has 1 aliphatic heterocycles. The summed E-state index contributed by atoms with van der Waals surface area (Å²) >= 11 is 0. The Balaban J connectivity index is 1.99. The standard InChI is InChI=1S/C20H21NO5/c1-19(2)21(18(23)24)20(14-26-19,16-11-7-4-8-12-16)17(22)25-13-15-9-5-3-6-10-15/h3-12H,13-14H2,1-2H3,(H,23,24). The molecule has 6 heteroatoms. The Morgan fingerprint density at radius 3 is 2.23 bits per heavy atom. The maximum Gasteiger partial charge on any atom is 0.410 e. The largest absolute Gasteiger partial charge is 0.465 e. The van der Waals surface area contributed by atoms with Crippen molar-refractivity contribution < 1.29 is 24.2 Å². The van der Waals surface area contributed by atoms with Crippen molar-refractivity contribution >= 4 is 12.1 Å². The van der Waals surface area contributed by atoms with Crippen LogP contribution in [0.2, 0.25) is 0 Å². The smallest absolute Gasteiger partial charge is 0.410 e. The summed E-state index contributed by atoms with van der Waals surface area (Å²) in [5, 5.41) is 9.82. The Morgan fingerprint density at radius 1 is 1.08 bits per heavy atom. The van der Waals surface area contributed by atoms with Crippen molar-refractivity contribution in [3.05, 3.63) is 71.8 Å². The number of amides is 1. The lowest BCUT2D eigenvalue weighted by Gasteiger charge is -2.38. The first kappa shape index (κ1) is 17.9. The zero-order valence-electron chi connectivity index (χ0n) is 14.7. The van der Waals surface area contributed by atoms with E-state index in [0.29, 0.717) is 5.56 Å². The predicted molar refractivity (Wildman–Crippen MR) is 94.3 cm³/mol. The maximum atomic E-state index is 13.1. The molecule has 136 valence electrons. The van der Waals surface area contributed by atoms with E-state index in [2.05, 4.69) is 0 Å². The zero-order chi connectivity index (χ0) is 18.8. The van der Waals surface area contributed by atoms with E-state index in [0.717, 1.165) is 10.5 Å². The van der Waals surface area contributed by atoms with Crippen LogP contribution >= 0.6 is 0 Å². The molecule has 26 heavy (non-hydrogen) atoms. The molecule has 3 rings (SSSR count). The van der Waals surface area contributed by atoms with Crippen LogP contribution in [0.25, 0.3) is 0 Å². The van der Waals surface area contributed by atoms with Gasteiger partial charge in [-0.1, -0.05) is 60.7 Å². The van der Waals surface area contributed by atoms with E-state index in [4.69, 9.17) is 9.47 Å². The maximum absolute atomic E-state index is 13.1. The summed E-state index contributed by atoms with van der Waals surface area (Å²) in [7, 11) is 0. The van der Waals surface area contributed by atoms with Crippen LogP contribution in [0.15, 0.2) is 60.7 Å². The van der Waals surface area contributed by atoms with Gasteiger partial charge in [0.25, 0.3) is 0 Å². The molecule has 1 aliphatic rings. The Kier molecular flexibility index (Phi) is 4.70. The number of carbonyl (C=O) groups excluding carboxylic acids is 1. The molecule has 0 bridgehead atoms. The van der Waals surface area contributed by atoms with Crippen LogP contribution in [0.4, 0.5) is 4.79 Å². The molecule has 2 aromatic rings. The summed E-state index contributed by atoms with van der Waals surface area (Å²) in [6, 6.07) is 18.0. The molecule has 0 saturated carbocycles. The van der Waals surface area contributed by atoms with Crippen molar-refractivity contribution in [3.8, 4) is 0 Å². The number of esters is 1. The molecule has 0 aromatic heterocycles. The highest BCUT2D eigenvalue weighted by molar-refractivity contribution is 5.88. The van der Waals surface area contributed by atoms with Crippen molar-refractivity contribution in [3.63, 3.8) is 0 Å². The van der Waals surface area contributed by atoms with E-state index in [1.165, 1.54) is 0 Å². The van der Waals surface area contributed by atoms with Crippen LogP contribution in [0.1, 0.15) is 25.0 Å². The van der Waals surface area contributed by atoms with Crippen LogP contribution in [-0.2, 0) is 26.4 Å². The highest BCUT2D eigenvalue weighted by atomic mass is 16.6. The molecule has 1 N–H and O–H groups in total. The molecule has 1 amide bonds. The van der Waals surface area contributed by atoms with Crippen molar-refractivity contribution in [1.29, 1.82) is 0 Å². The van der Waals surface area contributed by atoms with Crippen molar-refractivity contribution in [1.82, 2.24) is 4.90 Å². The first-order chi connectivity index (χ1) is 12.4. The number of nitrogens with zero attached hydrogens (tertiary/aromatic N) is 1. The number of carboxylic acid groups (broad SMARTS) is 1. The molecule has 0 spiro atoms. The van der Waals surface area contributed by atoms with E-state index >= 15 is 0 Å². The summed E-state index contributed by atoms with van der Waals surface area (Å²) in [4.78, 5) is 26.2. The van der Waals surface area contributed by atoms with Gasteiger partial charge in [-0.25, -0.2) is 9.59 Å². The zero-order valence-corrected chi connectivity index (χ0v) is 14.7. The molecular weight excluding hydrogens is 334 g/mol. The third-order valence-corrected chi connectivity index (χ3v) is 4.55. The summed E-state index contributed by atoms with van der Waals surface area (Å²) in [5.41, 5.74) is -1.37. The molecule has 2 aromatic carbocycles. The van der Waals surface area contributed by atoms with Gasteiger partial charge in [-0.3, -0.25) is 4.90 Å². The minimum Gasteiger partial charge on any atom is -0.465 e. The average Bonchev–Trinajstić information content (AvgIpc) is 2.94. The molecule has 1 fully saturated rings. The lowest BCUT2D eigenvalue weighted by atomic mass is 9.89. The van der Waals surface area contributed by atoms with E-state index in [1.54, 1.807) is 44.2 Å². The van der Waals surface area contributed by atoms with Crippen LogP contribution in [0, 0.1) is 0 Å². The van der Waals surface area contributed by atoms with Gasteiger partial charge in [-0.2, -0.15) is 0 Å². The SMILES string of the molecule is CC1(C)OCC(C(=O)OCc2ccccc2)(c2ccccc2)N1C(=O)O. The fourth-order valence-electron chi connectivity index (χ4n) is 3.30. The van der Waals surface area contributed by atoms with Crippen LogP contribution in [0.5, 0.6) is 0 Å². The Morgan fingerprint density at radius 2 is 1.65 bits per heavy atom. The predicted octanol–water partition coefficient (Wildman–Crippen LogP) is 3.37. The molecule has 1 heterocycles. The number of benzene rings is 2. The third kappa shape index (κ3) is 3.04. The van der Waals surface area contributed by atoms with Crippen LogP contribution in [0.3, 0.4) is 0 Å². The molecule has 6 nitrogen and oxygen atoms in total. The fraction of sp³-hybridized carbons (Fsp3) is 0.300. The van der Waals surface area contributed by atoms with E-state index in [1.807, 2.05) is 30.3 Å². The highest BCUT2D eigenvalue weighted by Crippen LogP contribution is 2.43. The first-order valence-corrected chi connectivity index (χ1v) is 8.32. The molecular formula is C20H21NO5. The Hall–Kier alpha value is -2.86. The second-order valence-corrected chi connectivity index (χ2v) is 6.64. The van der Waals surface area contributed by atoms with Crippen molar-refractivity contribution in [2.45, 2.75) is 31.7 Å². The average molecular weight is 355 g/mol. The second-order valence-electron chi connectivity index (χ2n) is 6.64. The van der Waals surface area contributed by atoms with Crippen molar-refractivity contribution in [2.75, 3.05) is 6.61 Å². The summed E-state index contributed by atoms with van der Waals surface area (Å²) in [5.74, 6) is -0.652. The minimum atomic E-state index is -1.55. The topological polar surface area (TPSA) is 76.1 Å². The second kappa shape index (κ2) is 6.80. The van der Waals surface area contributed by atoms with Gasteiger partial charge in [0.15, 0.2) is 5.54 Å². The summed E-state index contributed by atoms with van der Waals surface area (Å²) in [6.07, 6.45) is -1.24. The van der Waals surface area contributed by atoms with Gasteiger partial charge in [0.1, 0.15) is 12.3 Å². The number of hydrogen-bond acceptors (Lipinski definition) is 4. The number of hydrogen-bond donors (Lipinski definition) is 1. The molecule has 0 radical (unpaired) electrons. The highest BCUT2D eigenvalue weighted by Gasteiger charge is 2.61.